The zero-order valence-electron chi connectivity index (χ0n) is 8.12. The van der Waals surface area contributed by atoms with E-state index in [0.29, 0.717) is 0 Å². The summed E-state index contributed by atoms with van der Waals surface area (Å²) >= 11 is 0. The molecule has 1 aliphatic rings. The van der Waals surface area contributed by atoms with Crippen molar-refractivity contribution in [3.05, 3.63) is 29.3 Å². The molecule has 0 aliphatic heterocycles. The van der Waals surface area contributed by atoms with E-state index in [1.807, 2.05) is 18.2 Å². The number of primary amides is 1. The topological polar surface area (TPSA) is 52.3 Å². The predicted molar refractivity (Wildman–Crippen MR) is 53.3 cm³/mol. The third-order valence-electron chi connectivity index (χ3n) is 2.79. The van der Waals surface area contributed by atoms with Crippen molar-refractivity contribution in [3.8, 4) is 5.75 Å². The second kappa shape index (κ2) is 3.33. The van der Waals surface area contributed by atoms with Crippen LogP contribution in [0.5, 0.6) is 5.75 Å². The van der Waals surface area contributed by atoms with Crippen molar-refractivity contribution in [3.63, 3.8) is 0 Å². The van der Waals surface area contributed by atoms with E-state index in [0.717, 1.165) is 29.7 Å². The first-order valence-electron chi connectivity index (χ1n) is 4.69. The average Bonchev–Trinajstić information content (AvgIpc) is 2.60. The lowest BCUT2D eigenvalue weighted by atomic mass is 10.0. The van der Waals surface area contributed by atoms with Gasteiger partial charge in [0, 0.05) is 0 Å². The Morgan fingerprint density at radius 2 is 2.36 bits per heavy atom. The Labute approximate surface area is 82.9 Å². The van der Waals surface area contributed by atoms with Crippen LogP contribution in [0.1, 0.15) is 23.5 Å². The van der Waals surface area contributed by atoms with Crippen LogP contribution in [-0.2, 0) is 11.2 Å². The molecule has 0 heterocycles. The number of carbonyl (C=O) groups is 1. The maximum Gasteiger partial charge on any atom is 0.224 e. The first-order valence-corrected chi connectivity index (χ1v) is 4.69. The Morgan fingerprint density at radius 3 is 3.00 bits per heavy atom. The van der Waals surface area contributed by atoms with Gasteiger partial charge in [-0.3, -0.25) is 4.79 Å². The Balaban J connectivity index is 2.46. The van der Waals surface area contributed by atoms with Crippen molar-refractivity contribution in [2.45, 2.75) is 18.8 Å². The summed E-state index contributed by atoms with van der Waals surface area (Å²) in [4.78, 5) is 11.1. The number of amides is 1. The Bertz CT molecular complexity index is 374. The standard InChI is InChI=1S/C11H13NO2/c1-14-10-4-2-3-7-8(10)5-6-9(7)11(12)13/h2-4,9H,5-6H2,1H3,(H2,12,13). The van der Waals surface area contributed by atoms with Crippen LogP contribution in [-0.4, -0.2) is 13.0 Å². The molecule has 1 aliphatic carbocycles. The average molecular weight is 191 g/mol. The zero-order valence-corrected chi connectivity index (χ0v) is 8.12. The molecule has 3 nitrogen and oxygen atoms in total. The molecule has 0 saturated carbocycles. The van der Waals surface area contributed by atoms with Gasteiger partial charge in [0.2, 0.25) is 5.91 Å². The largest absolute Gasteiger partial charge is 0.496 e. The number of rotatable bonds is 2. The van der Waals surface area contributed by atoms with Crippen LogP contribution >= 0.6 is 0 Å². The number of hydrogen-bond acceptors (Lipinski definition) is 2. The SMILES string of the molecule is COc1cccc2c1CCC2C(N)=O. The summed E-state index contributed by atoms with van der Waals surface area (Å²) in [7, 11) is 1.65. The monoisotopic (exact) mass is 191 g/mol. The number of benzene rings is 1. The molecule has 0 saturated heterocycles. The molecule has 1 unspecified atom stereocenters. The summed E-state index contributed by atoms with van der Waals surface area (Å²) in [6, 6.07) is 5.78. The summed E-state index contributed by atoms with van der Waals surface area (Å²) in [5.74, 6) is 0.503. The van der Waals surface area contributed by atoms with Gasteiger partial charge in [0.05, 0.1) is 13.0 Å². The van der Waals surface area contributed by atoms with E-state index in [2.05, 4.69) is 0 Å². The van der Waals surface area contributed by atoms with E-state index < -0.39 is 0 Å². The van der Waals surface area contributed by atoms with E-state index in [1.165, 1.54) is 0 Å². The minimum atomic E-state index is -0.239. The van der Waals surface area contributed by atoms with E-state index in [1.54, 1.807) is 7.11 Å². The number of nitrogens with two attached hydrogens (primary N) is 1. The van der Waals surface area contributed by atoms with Crippen molar-refractivity contribution in [1.82, 2.24) is 0 Å². The molecule has 0 bridgehead atoms. The molecule has 0 fully saturated rings. The maximum atomic E-state index is 11.1. The molecule has 14 heavy (non-hydrogen) atoms. The van der Waals surface area contributed by atoms with Gasteiger partial charge in [0.25, 0.3) is 0 Å². The molecule has 1 atom stereocenters. The zero-order chi connectivity index (χ0) is 10.1. The minimum absolute atomic E-state index is 0.125. The normalized spacial score (nSPS) is 19.1. The van der Waals surface area contributed by atoms with Gasteiger partial charge in [-0.05, 0) is 30.0 Å². The highest BCUT2D eigenvalue weighted by molar-refractivity contribution is 5.83. The van der Waals surface area contributed by atoms with Gasteiger partial charge >= 0.3 is 0 Å². The van der Waals surface area contributed by atoms with Crippen LogP contribution < -0.4 is 10.5 Å². The predicted octanol–water partition coefficient (Wildman–Crippen LogP) is 1.21. The third kappa shape index (κ3) is 1.25. The lowest BCUT2D eigenvalue weighted by Gasteiger charge is -2.08. The highest BCUT2D eigenvalue weighted by atomic mass is 16.5. The van der Waals surface area contributed by atoms with E-state index >= 15 is 0 Å². The fraction of sp³-hybridized carbons (Fsp3) is 0.364. The Hall–Kier alpha value is -1.51. The smallest absolute Gasteiger partial charge is 0.224 e. The number of methoxy groups -OCH3 is 1. The van der Waals surface area contributed by atoms with Gasteiger partial charge in [-0.25, -0.2) is 0 Å². The second-order valence-corrected chi connectivity index (χ2v) is 3.52. The molecule has 0 aromatic heterocycles. The summed E-state index contributed by atoms with van der Waals surface area (Å²) in [5, 5.41) is 0. The molecule has 74 valence electrons. The van der Waals surface area contributed by atoms with E-state index in [4.69, 9.17) is 10.5 Å². The van der Waals surface area contributed by atoms with Crippen molar-refractivity contribution >= 4 is 5.91 Å². The van der Waals surface area contributed by atoms with Crippen LogP contribution in [0, 0.1) is 0 Å². The van der Waals surface area contributed by atoms with E-state index in [-0.39, 0.29) is 11.8 Å². The molecule has 2 N–H and O–H groups in total. The fourth-order valence-electron chi connectivity index (χ4n) is 2.11. The number of ether oxygens (including phenoxy) is 1. The number of fused-ring (bicyclic) bond motifs is 1. The minimum Gasteiger partial charge on any atom is -0.496 e. The molecule has 0 spiro atoms. The molecule has 1 amide bonds. The second-order valence-electron chi connectivity index (χ2n) is 3.52. The fourth-order valence-corrected chi connectivity index (χ4v) is 2.11. The molecule has 2 rings (SSSR count). The lowest BCUT2D eigenvalue weighted by molar-refractivity contribution is -0.119. The van der Waals surface area contributed by atoms with Gasteiger partial charge in [-0.15, -0.1) is 0 Å². The van der Waals surface area contributed by atoms with Gasteiger partial charge in [0.1, 0.15) is 5.75 Å². The molecule has 1 aromatic carbocycles. The van der Waals surface area contributed by atoms with Gasteiger partial charge in [-0.1, -0.05) is 12.1 Å². The van der Waals surface area contributed by atoms with Crippen molar-refractivity contribution < 1.29 is 9.53 Å². The van der Waals surface area contributed by atoms with Crippen molar-refractivity contribution in [2.24, 2.45) is 5.73 Å². The molecular formula is C11H13NO2. The van der Waals surface area contributed by atoms with Crippen LogP contribution in [0.2, 0.25) is 0 Å². The summed E-state index contributed by atoms with van der Waals surface area (Å²) < 4.78 is 5.23. The van der Waals surface area contributed by atoms with Gasteiger partial charge in [0.15, 0.2) is 0 Å². The van der Waals surface area contributed by atoms with Crippen LogP contribution in [0.4, 0.5) is 0 Å². The Morgan fingerprint density at radius 1 is 1.57 bits per heavy atom. The maximum absolute atomic E-state index is 11.1. The summed E-state index contributed by atoms with van der Waals surface area (Å²) in [5.41, 5.74) is 7.50. The van der Waals surface area contributed by atoms with Gasteiger partial charge in [-0.2, -0.15) is 0 Å². The Kier molecular flexibility index (Phi) is 2.15. The molecular weight excluding hydrogens is 178 g/mol. The first-order chi connectivity index (χ1) is 6.74. The number of carbonyl (C=O) groups excluding carboxylic acids is 1. The van der Waals surface area contributed by atoms with Gasteiger partial charge < -0.3 is 10.5 Å². The first kappa shape index (κ1) is 9.06. The quantitative estimate of drug-likeness (QED) is 0.763. The van der Waals surface area contributed by atoms with Crippen molar-refractivity contribution in [2.75, 3.05) is 7.11 Å². The van der Waals surface area contributed by atoms with E-state index in [9.17, 15) is 4.79 Å². The van der Waals surface area contributed by atoms with Crippen LogP contribution in [0.15, 0.2) is 18.2 Å². The molecule has 3 heteroatoms. The molecule has 0 radical (unpaired) electrons. The summed E-state index contributed by atoms with van der Waals surface area (Å²) in [6.07, 6.45) is 1.69. The third-order valence-corrected chi connectivity index (χ3v) is 2.79. The highest BCUT2D eigenvalue weighted by Crippen LogP contribution is 2.37. The highest BCUT2D eigenvalue weighted by Gasteiger charge is 2.28. The lowest BCUT2D eigenvalue weighted by Crippen LogP contribution is -2.19. The summed E-state index contributed by atoms with van der Waals surface area (Å²) in [6.45, 7) is 0. The van der Waals surface area contributed by atoms with Crippen molar-refractivity contribution in [1.29, 1.82) is 0 Å². The van der Waals surface area contributed by atoms with Crippen LogP contribution in [0.25, 0.3) is 0 Å². The molecule has 1 aromatic rings. The van der Waals surface area contributed by atoms with Crippen LogP contribution in [0.3, 0.4) is 0 Å². The number of hydrogen-bond donors (Lipinski definition) is 1.